The fourth-order valence-electron chi connectivity index (χ4n) is 1.52. The Hall–Kier alpha value is -1.25. The molecule has 0 unspecified atom stereocenters. The van der Waals surface area contributed by atoms with Crippen molar-refractivity contribution in [3.8, 4) is 0 Å². The van der Waals surface area contributed by atoms with E-state index in [-0.39, 0.29) is 4.90 Å². The van der Waals surface area contributed by atoms with Crippen molar-refractivity contribution in [2.75, 3.05) is 31.6 Å². The van der Waals surface area contributed by atoms with Gasteiger partial charge in [-0.05, 0) is 19.8 Å². The average molecular weight is 316 g/mol. The van der Waals surface area contributed by atoms with E-state index in [0.717, 1.165) is 19.4 Å². The standard InChI is InChI=1S/C13H24N4O3S/c1-3-5-8-20-9-6-7-17-21(18,19)12-10-15-13(14-4-2)16-11-12/h10-11,17H,3-9H2,1-2H3,(H,14,15,16). The van der Waals surface area contributed by atoms with Gasteiger partial charge in [0.05, 0.1) is 12.4 Å². The van der Waals surface area contributed by atoms with Gasteiger partial charge in [-0.1, -0.05) is 13.3 Å². The van der Waals surface area contributed by atoms with Gasteiger partial charge in [0, 0.05) is 26.3 Å². The summed E-state index contributed by atoms with van der Waals surface area (Å²) >= 11 is 0. The molecule has 0 radical (unpaired) electrons. The van der Waals surface area contributed by atoms with E-state index in [2.05, 4.69) is 26.9 Å². The van der Waals surface area contributed by atoms with Gasteiger partial charge in [0.15, 0.2) is 0 Å². The molecular formula is C13H24N4O3S. The van der Waals surface area contributed by atoms with Crippen molar-refractivity contribution in [1.29, 1.82) is 0 Å². The molecule has 0 aliphatic carbocycles. The number of nitrogens with zero attached hydrogens (tertiary/aromatic N) is 2. The molecule has 1 aromatic heterocycles. The second-order valence-corrected chi connectivity index (χ2v) is 6.26. The third-order valence-electron chi connectivity index (χ3n) is 2.67. The van der Waals surface area contributed by atoms with Gasteiger partial charge in [-0.3, -0.25) is 0 Å². The van der Waals surface area contributed by atoms with E-state index in [1.165, 1.54) is 12.4 Å². The Morgan fingerprint density at radius 1 is 1.14 bits per heavy atom. The highest BCUT2D eigenvalue weighted by Gasteiger charge is 2.14. The fraction of sp³-hybridized carbons (Fsp3) is 0.692. The number of ether oxygens (including phenoxy) is 1. The number of hydrogen-bond donors (Lipinski definition) is 2. The first kappa shape index (κ1) is 17.8. The van der Waals surface area contributed by atoms with Crippen LogP contribution in [0.1, 0.15) is 33.1 Å². The van der Waals surface area contributed by atoms with Crippen molar-refractivity contribution in [2.24, 2.45) is 0 Å². The summed E-state index contributed by atoms with van der Waals surface area (Å²) in [7, 11) is -3.55. The first-order chi connectivity index (χ1) is 10.1. The Kier molecular flexibility index (Phi) is 8.17. The molecule has 2 N–H and O–H groups in total. The maximum Gasteiger partial charge on any atom is 0.243 e. The van der Waals surface area contributed by atoms with Crippen LogP contribution in [0.25, 0.3) is 0 Å². The van der Waals surface area contributed by atoms with E-state index in [9.17, 15) is 8.42 Å². The van der Waals surface area contributed by atoms with Crippen molar-refractivity contribution >= 4 is 16.0 Å². The molecule has 0 aromatic carbocycles. The molecule has 0 spiro atoms. The highest BCUT2D eigenvalue weighted by atomic mass is 32.2. The van der Waals surface area contributed by atoms with Crippen LogP contribution in [-0.2, 0) is 14.8 Å². The van der Waals surface area contributed by atoms with E-state index in [1.807, 2.05) is 6.92 Å². The molecule has 1 rings (SSSR count). The smallest absolute Gasteiger partial charge is 0.243 e. The number of nitrogens with one attached hydrogen (secondary N) is 2. The summed E-state index contributed by atoms with van der Waals surface area (Å²) in [6.45, 7) is 6.31. The lowest BCUT2D eigenvalue weighted by Crippen LogP contribution is -2.26. The number of hydrogen-bond acceptors (Lipinski definition) is 6. The van der Waals surface area contributed by atoms with Crippen LogP contribution in [0.5, 0.6) is 0 Å². The van der Waals surface area contributed by atoms with Crippen molar-refractivity contribution in [2.45, 2.75) is 38.0 Å². The molecule has 0 atom stereocenters. The fourth-order valence-corrected chi connectivity index (χ4v) is 2.48. The van der Waals surface area contributed by atoms with Gasteiger partial charge in [-0.2, -0.15) is 0 Å². The lowest BCUT2D eigenvalue weighted by molar-refractivity contribution is 0.130. The van der Waals surface area contributed by atoms with Gasteiger partial charge in [-0.25, -0.2) is 23.1 Å². The zero-order valence-electron chi connectivity index (χ0n) is 12.6. The van der Waals surface area contributed by atoms with Crippen molar-refractivity contribution in [1.82, 2.24) is 14.7 Å². The highest BCUT2D eigenvalue weighted by Crippen LogP contribution is 2.07. The van der Waals surface area contributed by atoms with Crippen molar-refractivity contribution in [3.05, 3.63) is 12.4 Å². The predicted octanol–water partition coefficient (Wildman–Crippen LogP) is 1.39. The monoisotopic (exact) mass is 316 g/mol. The predicted molar refractivity (Wildman–Crippen MR) is 81.7 cm³/mol. The molecule has 7 nitrogen and oxygen atoms in total. The summed E-state index contributed by atoms with van der Waals surface area (Å²) in [5, 5.41) is 2.91. The van der Waals surface area contributed by atoms with E-state index in [0.29, 0.717) is 32.1 Å². The van der Waals surface area contributed by atoms with Crippen LogP contribution in [0.4, 0.5) is 5.95 Å². The van der Waals surface area contributed by atoms with E-state index in [4.69, 9.17) is 4.74 Å². The number of aromatic nitrogens is 2. The first-order valence-electron chi connectivity index (χ1n) is 7.23. The summed E-state index contributed by atoms with van der Waals surface area (Å²) in [6.07, 6.45) is 5.35. The van der Waals surface area contributed by atoms with Gasteiger partial charge >= 0.3 is 0 Å². The van der Waals surface area contributed by atoms with Crippen molar-refractivity contribution in [3.63, 3.8) is 0 Å². The lowest BCUT2D eigenvalue weighted by Gasteiger charge is -2.07. The molecule has 0 saturated carbocycles. The number of unbranched alkanes of at least 4 members (excludes halogenated alkanes) is 1. The van der Waals surface area contributed by atoms with Crippen LogP contribution < -0.4 is 10.0 Å². The Morgan fingerprint density at radius 3 is 2.43 bits per heavy atom. The topological polar surface area (TPSA) is 93.2 Å². The minimum atomic E-state index is -3.55. The summed E-state index contributed by atoms with van der Waals surface area (Å²) in [6, 6.07) is 0. The zero-order valence-corrected chi connectivity index (χ0v) is 13.4. The summed E-state index contributed by atoms with van der Waals surface area (Å²) in [5.41, 5.74) is 0. The van der Waals surface area contributed by atoms with E-state index in [1.54, 1.807) is 0 Å². The molecule has 0 fully saturated rings. The molecule has 21 heavy (non-hydrogen) atoms. The summed E-state index contributed by atoms with van der Waals surface area (Å²) in [5.74, 6) is 0.417. The molecule has 0 amide bonds. The van der Waals surface area contributed by atoms with Gasteiger partial charge in [0.1, 0.15) is 4.90 Å². The van der Waals surface area contributed by atoms with Gasteiger partial charge in [0.25, 0.3) is 0 Å². The molecular weight excluding hydrogens is 292 g/mol. The number of rotatable bonds is 11. The SMILES string of the molecule is CCCCOCCCNS(=O)(=O)c1cnc(NCC)nc1. The van der Waals surface area contributed by atoms with E-state index >= 15 is 0 Å². The molecule has 120 valence electrons. The van der Waals surface area contributed by atoms with Crippen LogP contribution in [0.15, 0.2) is 17.3 Å². The Morgan fingerprint density at radius 2 is 1.81 bits per heavy atom. The maximum absolute atomic E-state index is 12.0. The van der Waals surface area contributed by atoms with Crippen LogP contribution in [0, 0.1) is 0 Å². The third-order valence-corrected chi connectivity index (χ3v) is 4.09. The Balaban J connectivity index is 2.35. The van der Waals surface area contributed by atoms with Crippen LogP contribution in [0.3, 0.4) is 0 Å². The molecule has 0 aliphatic heterocycles. The minimum Gasteiger partial charge on any atom is -0.381 e. The largest absolute Gasteiger partial charge is 0.381 e. The molecule has 0 bridgehead atoms. The quantitative estimate of drug-likeness (QED) is 0.599. The van der Waals surface area contributed by atoms with Gasteiger partial charge in [-0.15, -0.1) is 0 Å². The average Bonchev–Trinajstić information content (AvgIpc) is 2.47. The van der Waals surface area contributed by atoms with Gasteiger partial charge in [0.2, 0.25) is 16.0 Å². The van der Waals surface area contributed by atoms with Crippen molar-refractivity contribution < 1.29 is 13.2 Å². The normalized spacial score (nSPS) is 11.5. The lowest BCUT2D eigenvalue weighted by atomic mass is 10.4. The molecule has 1 heterocycles. The summed E-state index contributed by atoms with van der Waals surface area (Å²) < 4.78 is 31.8. The molecule has 0 aliphatic rings. The van der Waals surface area contributed by atoms with E-state index < -0.39 is 10.0 Å². The maximum atomic E-state index is 12.0. The molecule has 1 aromatic rings. The van der Waals surface area contributed by atoms with Crippen LogP contribution >= 0.6 is 0 Å². The van der Waals surface area contributed by atoms with Crippen LogP contribution in [0.2, 0.25) is 0 Å². The van der Waals surface area contributed by atoms with Crippen LogP contribution in [-0.4, -0.2) is 44.7 Å². The minimum absolute atomic E-state index is 0.0658. The second-order valence-electron chi connectivity index (χ2n) is 4.49. The first-order valence-corrected chi connectivity index (χ1v) is 8.71. The van der Waals surface area contributed by atoms with Gasteiger partial charge < -0.3 is 10.1 Å². The molecule has 0 saturated heterocycles. The third kappa shape index (κ3) is 6.83. The second kappa shape index (κ2) is 9.64. The Bertz CT molecular complexity index is 491. The Labute approximate surface area is 126 Å². The number of sulfonamides is 1. The highest BCUT2D eigenvalue weighted by molar-refractivity contribution is 7.89. The molecule has 8 heteroatoms. The summed E-state index contributed by atoms with van der Waals surface area (Å²) in [4.78, 5) is 7.96. The zero-order chi connectivity index (χ0) is 15.6. The number of anilines is 1.